The average molecular weight is 302 g/mol. The molecule has 0 aliphatic heterocycles. The van der Waals surface area contributed by atoms with Crippen molar-refractivity contribution in [1.29, 1.82) is 0 Å². The van der Waals surface area contributed by atoms with E-state index in [-0.39, 0.29) is 0 Å². The van der Waals surface area contributed by atoms with Crippen molar-refractivity contribution in [3.63, 3.8) is 0 Å². The molecule has 0 amide bonds. The Hall–Kier alpha value is -0.240. The molecule has 0 fully saturated rings. The molecule has 0 aliphatic carbocycles. The fourth-order valence-electron chi connectivity index (χ4n) is 2.08. The van der Waals surface area contributed by atoms with Gasteiger partial charge in [0, 0.05) is 6.54 Å². The smallest absolute Gasteiger partial charge is 0.0595 e. The Kier molecular flexibility index (Phi) is 8.52. The largest absolute Gasteiger partial charge is 0.303 e. The van der Waals surface area contributed by atoms with Crippen molar-refractivity contribution in [2.75, 3.05) is 19.6 Å². The SMILES string of the molecule is CCCCN(CCCC)CCc1ccc(Cl)c(Cl)c1. The zero-order chi connectivity index (χ0) is 14.1. The van der Waals surface area contributed by atoms with Crippen LogP contribution in [0.2, 0.25) is 10.0 Å². The van der Waals surface area contributed by atoms with Crippen molar-refractivity contribution in [2.24, 2.45) is 0 Å². The summed E-state index contributed by atoms with van der Waals surface area (Å²) >= 11 is 12.0. The lowest BCUT2D eigenvalue weighted by Gasteiger charge is -2.22. The van der Waals surface area contributed by atoms with Crippen molar-refractivity contribution in [1.82, 2.24) is 4.90 Å². The van der Waals surface area contributed by atoms with Gasteiger partial charge in [-0.2, -0.15) is 0 Å². The zero-order valence-electron chi connectivity index (χ0n) is 12.1. The van der Waals surface area contributed by atoms with Crippen molar-refractivity contribution in [3.8, 4) is 0 Å². The number of hydrogen-bond donors (Lipinski definition) is 0. The summed E-state index contributed by atoms with van der Waals surface area (Å²) in [6, 6.07) is 5.95. The van der Waals surface area contributed by atoms with Crippen LogP contribution in [-0.4, -0.2) is 24.5 Å². The van der Waals surface area contributed by atoms with E-state index in [9.17, 15) is 0 Å². The third-order valence-electron chi connectivity index (χ3n) is 3.36. The number of rotatable bonds is 9. The van der Waals surface area contributed by atoms with E-state index in [1.54, 1.807) is 0 Å². The lowest BCUT2D eigenvalue weighted by atomic mass is 10.1. The van der Waals surface area contributed by atoms with Crippen molar-refractivity contribution in [2.45, 2.75) is 46.0 Å². The number of unbranched alkanes of at least 4 members (excludes halogenated alkanes) is 2. The third-order valence-corrected chi connectivity index (χ3v) is 4.10. The van der Waals surface area contributed by atoms with Crippen LogP contribution >= 0.6 is 23.2 Å². The normalized spacial score (nSPS) is 11.2. The molecule has 0 saturated carbocycles. The van der Waals surface area contributed by atoms with Crippen LogP contribution in [0.1, 0.15) is 45.1 Å². The topological polar surface area (TPSA) is 3.24 Å². The first-order valence-electron chi connectivity index (χ1n) is 7.33. The Morgan fingerprint density at radius 1 is 0.895 bits per heavy atom. The number of hydrogen-bond acceptors (Lipinski definition) is 1. The van der Waals surface area contributed by atoms with Gasteiger partial charge < -0.3 is 4.90 Å². The Morgan fingerprint density at radius 2 is 1.53 bits per heavy atom. The van der Waals surface area contributed by atoms with E-state index in [1.807, 2.05) is 12.1 Å². The van der Waals surface area contributed by atoms with Gasteiger partial charge in [0.05, 0.1) is 10.0 Å². The molecule has 1 rings (SSSR count). The van der Waals surface area contributed by atoms with Gasteiger partial charge >= 0.3 is 0 Å². The van der Waals surface area contributed by atoms with Crippen LogP contribution in [0.4, 0.5) is 0 Å². The molecule has 0 aliphatic rings. The van der Waals surface area contributed by atoms with Crippen molar-refractivity contribution >= 4 is 23.2 Å². The molecule has 1 nitrogen and oxygen atoms in total. The molecule has 1 aromatic carbocycles. The van der Waals surface area contributed by atoms with E-state index in [1.165, 1.54) is 44.3 Å². The summed E-state index contributed by atoms with van der Waals surface area (Å²) in [7, 11) is 0. The lowest BCUT2D eigenvalue weighted by molar-refractivity contribution is 0.268. The van der Waals surface area contributed by atoms with E-state index in [4.69, 9.17) is 23.2 Å². The number of benzene rings is 1. The van der Waals surface area contributed by atoms with Gasteiger partial charge in [-0.3, -0.25) is 0 Å². The second-order valence-corrected chi connectivity index (χ2v) is 5.86. The van der Waals surface area contributed by atoms with Gasteiger partial charge in [-0.25, -0.2) is 0 Å². The molecule has 108 valence electrons. The minimum atomic E-state index is 0.638. The molecule has 0 N–H and O–H groups in total. The molecule has 0 unspecified atom stereocenters. The molecule has 0 aromatic heterocycles. The van der Waals surface area contributed by atoms with Gasteiger partial charge in [-0.15, -0.1) is 0 Å². The zero-order valence-corrected chi connectivity index (χ0v) is 13.6. The predicted octanol–water partition coefficient (Wildman–Crippen LogP) is 5.44. The summed E-state index contributed by atoms with van der Waals surface area (Å²) in [5.74, 6) is 0. The van der Waals surface area contributed by atoms with Gasteiger partial charge in [-0.1, -0.05) is 56.0 Å². The first-order chi connectivity index (χ1) is 9.17. The third kappa shape index (κ3) is 6.65. The van der Waals surface area contributed by atoms with Crippen LogP contribution in [0, 0.1) is 0 Å². The van der Waals surface area contributed by atoms with Gasteiger partial charge in [0.25, 0.3) is 0 Å². The van der Waals surface area contributed by atoms with Gasteiger partial charge in [0.2, 0.25) is 0 Å². The monoisotopic (exact) mass is 301 g/mol. The summed E-state index contributed by atoms with van der Waals surface area (Å²) in [6.45, 7) is 8.02. The molecule has 1 aromatic rings. The van der Waals surface area contributed by atoms with Crippen LogP contribution in [-0.2, 0) is 6.42 Å². The van der Waals surface area contributed by atoms with E-state index in [2.05, 4.69) is 24.8 Å². The fraction of sp³-hybridized carbons (Fsp3) is 0.625. The maximum absolute atomic E-state index is 6.05. The predicted molar refractivity (Wildman–Crippen MR) is 86.4 cm³/mol. The maximum atomic E-state index is 6.05. The van der Waals surface area contributed by atoms with E-state index in [0.29, 0.717) is 10.0 Å². The Bertz CT molecular complexity index is 358. The van der Waals surface area contributed by atoms with Crippen molar-refractivity contribution in [3.05, 3.63) is 33.8 Å². The van der Waals surface area contributed by atoms with E-state index < -0.39 is 0 Å². The summed E-state index contributed by atoms with van der Waals surface area (Å²) in [4.78, 5) is 2.56. The van der Waals surface area contributed by atoms with Crippen LogP contribution in [0.25, 0.3) is 0 Å². The van der Waals surface area contributed by atoms with Crippen molar-refractivity contribution < 1.29 is 0 Å². The highest BCUT2D eigenvalue weighted by Crippen LogP contribution is 2.22. The Balaban J connectivity index is 2.46. The quantitative estimate of drug-likeness (QED) is 0.587. The summed E-state index contributed by atoms with van der Waals surface area (Å²) in [5.41, 5.74) is 1.27. The van der Waals surface area contributed by atoms with Crippen LogP contribution < -0.4 is 0 Å². The van der Waals surface area contributed by atoms with Gasteiger partial charge in [-0.05, 0) is 50.0 Å². The number of nitrogens with zero attached hydrogens (tertiary/aromatic N) is 1. The molecule has 0 heterocycles. The number of halogens is 2. The molecule has 0 saturated heterocycles. The molecule has 0 atom stereocenters. The summed E-state index contributed by atoms with van der Waals surface area (Å²) in [5, 5.41) is 1.30. The molecule has 19 heavy (non-hydrogen) atoms. The molecule has 0 spiro atoms. The first-order valence-corrected chi connectivity index (χ1v) is 8.09. The first kappa shape index (κ1) is 16.8. The minimum Gasteiger partial charge on any atom is -0.303 e. The highest BCUT2D eigenvalue weighted by atomic mass is 35.5. The standard InChI is InChI=1S/C16H25Cl2N/c1-3-5-10-19(11-6-4-2)12-9-14-7-8-15(17)16(18)13-14/h7-8,13H,3-6,9-12H2,1-2H3. The minimum absolute atomic E-state index is 0.638. The Morgan fingerprint density at radius 3 is 2.05 bits per heavy atom. The Labute approximate surface area is 127 Å². The molecule has 0 radical (unpaired) electrons. The second kappa shape index (κ2) is 9.63. The highest BCUT2D eigenvalue weighted by Gasteiger charge is 2.05. The lowest BCUT2D eigenvalue weighted by Crippen LogP contribution is -2.28. The molecular formula is C16H25Cl2N. The summed E-state index contributed by atoms with van der Waals surface area (Å²) in [6.07, 6.45) is 6.13. The van der Waals surface area contributed by atoms with Gasteiger partial charge in [0.15, 0.2) is 0 Å². The van der Waals surface area contributed by atoms with E-state index in [0.717, 1.165) is 13.0 Å². The van der Waals surface area contributed by atoms with Crippen LogP contribution in [0.5, 0.6) is 0 Å². The van der Waals surface area contributed by atoms with Crippen LogP contribution in [0.15, 0.2) is 18.2 Å². The molecule has 3 heteroatoms. The maximum Gasteiger partial charge on any atom is 0.0595 e. The summed E-state index contributed by atoms with van der Waals surface area (Å²) < 4.78 is 0. The molecule has 0 bridgehead atoms. The fourth-order valence-corrected chi connectivity index (χ4v) is 2.40. The van der Waals surface area contributed by atoms with Crippen LogP contribution in [0.3, 0.4) is 0 Å². The highest BCUT2D eigenvalue weighted by molar-refractivity contribution is 6.42. The van der Waals surface area contributed by atoms with E-state index >= 15 is 0 Å². The van der Waals surface area contributed by atoms with Gasteiger partial charge in [0.1, 0.15) is 0 Å². The molecular weight excluding hydrogens is 277 g/mol. The average Bonchev–Trinajstić information content (AvgIpc) is 2.41. The second-order valence-electron chi connectivity index (χ2n) is 5.05.